The van der Waals surface area contributed by atoms with Gasteiger partial charge in [0, 0.05) is 19.1 Å². The molecule has 0 aliphatic carbocycles. The van der Waals surface area contributed by atoms with E-state index in [2.05, 4.69) is 19.2 Å². The van der Waals surface area contributed by atoms with Crippen LogP contribution < -0.4 is 5.32 Å². The fraction of sp³-hybridized carbons (Fsp3) is 1.00. The average molecular weight is 282 g/mol. The Labute approximate surface area is 113 Å². The fourth-order valence-electron chi connectivity index (χ4n) is 2.63. The second-order valence-corrected chi connectivity index (χ2v) is 5.33. The summed E-state index contributed by atoms with van der Waals surface area (Å²) >= 11 is 0. The van der Waals surface area contributed by atoms with Crippen molar-refractivity contribution in [3.8, 4) is 0 Å². The lowest BCUT2D eigenvalue weighted by Crippen LogP contribution is -2.52. The molecule has 0 aromatic carbocycles. The molecule has 1 heterocycles. The third-order valence-electron chi connectivity index (χ3n) is 3.81. The van der Waals surface area contributed by atoms with E-state index in [-0.39, 0.29) is 6.54 Å². The van der Waals surface area contributed by atoms with Crippen molar-refractivity contribution in [1.82, 2.24) is 10.2 Å². The van der Waals surface area contributed by atoms with Crippen LogP contribution in [0.4, 0.5) is 13.2 Å². The molecule has 3 atom stereocenters. The van der Waals surface area contributed by atoms with Gasteiger partial charge in [0.05, 0.1) is 0 Å². The first-order valence-corrected chi connectivity index (χ1v) is 7.09. The van der Waals surface area contributed by atoms with Crippen molar-refractivity contribution in [3.63, 3.8) is 0 Å². The Balaban J connectivity index is 2.45. The molecule has 6 heteroatoms. The van der Waals surface area contributed by atoms with Crippen LogP contribution in [0.2, 0.25) is 0 Å². The molecule has 3 unspecified atom stereocenters. The predicted molar refractivity (Wildman–Crippen MR) is 69.0 cm³/mol. The van der Waals surface area contributed by atoms with Crippen molar-refractivity contribution in [2.75, 3.05) is 26.2 Å². The number of rotatable bonds is 6. The summed E-state index contributed by atoms with van der Waals surface area (Å²) in [6.45, 7) is 6.06. The van der Waals surface area contributed by atoms with Gasteiger partial charge in [-0.15, -0.1) is 0 Å². The molecule has 0 saturated carbocycles. The number of halogens is 3. The smallest absolute Gasteiger partial charge is 0.382 e. The predicted octanol–water partition coefficient (Wildman–Crippen LogP) is 2.01. The summed E-state index contributed by atoms with van der Waals surface area (Å²) in [5, 5.41) is 12.6. The van der Waals surface area contributed by atoms with Gasteiger partial charge in [-0.3, -0.25) is 0 Å². The van der Waals surface area contributed by atoms with Gasteiger partial charge in [-0.1, -0.05) is 20.3 Å². The van der Waals surface area contributed by atoms with E-state index in [1.165, 1.54) is 0 Å². The molecule has 2 N–H and O–H groups in total. The number of aliphatic hydroxyl groups excluding tert-OH is 1. The maximum Gasteiger partial charge on any atom is 0.415 e. The molecular weight excluding hydrogens is 257 g/mol. The summed E-state index contributed by atoms with van der Waals surface area (Å²) in [5.74, 6) is 0.362. The highest BCUT2D eigenvalue weighted by Gasteiger charge is 2.40. The summed E-state index contributed by atoms with van der Waals surface area (Å²) in [7, 11) is 0. The van der Waals surface area contributed by atoms with Crippen LogP contribution in [-0.2, 0) is 0 Å². The molecule has 3 nitrogen and oxygen atoms in total. The summed E-state index contributed by atoms with van der Waals surface area (Å²) in [4.78, 5) is 1.73. The minimum atomic E-state index is -4.51. The van der Waals surface area contributed by atoms with E-state index in [0.29, 0.717) is 25.0 Å². The van der Waals surface area contributed by atoms with Crippen molar-refractivity contribution < 1.29 is 18.3 Å². The molecule has 19 heavy (non-hydrogen) atoms. The van der Waals surface area contributed by atoms with E-state index in [1.807, 2.05) is 0 Å². The van der Waals surface area contributed by atoms with Gasteiger partial charge in [0.1, 0.15) is 0 Å². The molecule has 1 aliphatic heterocycles. The van der Waals surface area contributed by atoms with E-state index in [1.54, 1.807) is 4.90 Å². The molecule has 1 aliphatic rings. The Morgan fingerprint density at radius 1 is 1.37 bits per heavy atom. The van der Waals surface area contributed by atoms with Crippen molar-refractivity contribution in [1.29, 1.82) is 0 Å². The number of piperidine rings is 1. The van der Waals surface area contributed by atoms with Gasteiger partial charge in [-0.05, 0) is 31.8 Å². The lowest BCUT2D eigenvalue weighted by Gasteiger charge is -2.39. The van der Waals surface area contributed by atoms with Crippen LogP contribution in [0.3, 0.4) is 0 Å². The lowest BCUT2D eigenvalue weighted by atomic mass is 9.89. The monoisotopic (exact) mass is 282 g/mol. The van der Waals surface area contributed by atoms with Gasteiger partial charge >= 0.3 is 6.18 Å². The van der Waals surface area contributed by atoms with Gasteiger partial charge in [0.25, 0.3) is 0 Å². The van der Waals surface area contributed by atoms with E-state index >= 15 is 0 Å². The van der Waals surface area contributed by atoms with Gasteiger partial charge in [0.2, 0.25) is 0 Å². The van der Waals surface area contributed by atoms with Crippen LogP contribution in [0.15, 0.2) is 0 Å². The summed E-state index contributed by atoms with van der Waals surface area (Å²) < 4.78 is 37.0. The number of alkyl halides is 3. The summed E-state index contributed by atoms with van der Waals surface area (Å²) in [6.07, 6.45) is -3.89. The van der Waals surface area contributed by atoms with Crippen LogP contribution in [0.5, 0.6) is 0 Å². The Hall–Kier alpha value is -0.330. The summed E-state index contributed by atoms with van der Waals surface area (Å²) in [5.41, 5.74) is 0. The van der Waals surface area contributed by atoms with Crippen molar-refractivity contribution in [2.45, 2.75) is 51.4 Å². The van der Waals surface area contributed by atoms with Crippen LogP contribution in [0.25, 0.3) is 0 Å². The number of hydrogen-bond donors (Lipinski definition) is 2. The zero-order valence-electron chi connectivity index (χ0n) is 11.7. The Kier molecular flexibility index (Phi) is 6.56. The standard InChI is InChI=1S/C13H25F3N2O/c1-3-6-17-11-5-7-18(8-10(11)4-2)9-12(19)13(14,15)16/h10-12,17,19H,3-9H2,1-2H3. The number of hydrogen-bond acceptors (Lipinski definition) is 3. The van der Waals surface area contributed by atoms with E-state index < -0.39 is 12.3 Å². The highest BCUT2D eigenvalue weighted by atomic mass is 19.4. The Bertz CT molecular complexity index is 261. The fourth-order valence-corrected chi connectivity index (χ4v) is 2.63. The molecular formula is C13H25F3N2O. The molecule has 0 aromatic heterocycles. The third kappa shape index (κ3) is 5.28. The van der Waals surface area contributed by atoms with Gasteiger partial charge in [0.15, 0.2) is 6.10 Å². The first kappa shape index (κ1) is 16.7. The largest absolute Gasteiger partial charge is 0.415 e. The number of nitrogens with one attached hydrogen (secondary N) is 1. The molecule has 114 valence electrons. The molecule has 0 aromatic rings. The van der Waals surface area contributed by atoms with Gasteiger partial charge < -0.3 is 15.3 Å². The first-order chi connectivity index (χ1) is 8.88. The van der Waals surface area contributed by atoms with Crippen molar-refractivity contribution >= 4 is 0 Å². The maximum atomic E-state index is 12.3. The molecule has 1 fully saturated rings. The Morgan fingerprint density at radius 2 is 2.05 bits per heavy atom. The topological polar surface area (TPSA) is 35.5 Å². The van der Waals surface area contributed by atoms with Gasteiger partial charge in [-0.25, -0.2) is 0 Å². The van der Waals surface area contributed by atoms with E-state index in [9.17, 15) is 13.2 Å². The first-order valence-electron chi connectivity index (χ1n) is 7.09. The van der Waals surface area contributed by atoms with Crippen molar-refractivity contribution in [2.24, 2.45) is 5.92 Å². The minimum Gasteiger partial charge on any atom is -0.382 e. The molecule has 1 rings (SSSR count). The highest BCUT2D eigenvalue weighted by Crippen LogP contribution is 2.24. The number of aliphatic hydroxyl groups is 1. The quantitative estimate of drug-likeness (QED) is 0.782. The molecule has 0 bridgehead atoms. The zero-order chi connectivity index (χ0) is 14.5. The van der Waals surface area contributed by atoms with Gasteiger partial charge in [-0.2, -0.15) is 13.2 Å². The van der Waals surface area contributed by atoms with Crippen LogP contribution in [0, 0.1) is 5.92 Å². The molecule has 0 spiro atoms. The molecule has 0 radical (unpaired) electrons. The third-order valence-corrected chi connectivity index (χ3v) is 3.81. The van der Waals surface area contributed by atoms with E-state index in [0.717, 1.165) is 25.8 Å². The second kappa shape index (κ2) is 7.45. The summed E-state index contributed by atoms with van der Waals surface area (Å²) in [6, 6.07) is 0.393. The minimum absolute atomic E-state index is 0.305. The zero-order valence-corrected chi connectivity index (χ0v) is 11.7. The maximum absolute atomic E-state index is 12.3. The van der Waals surface area contributed by atoms with Crippen molar-refractivity contribution in [3.05, 3.63) is 0 Å². The SMILES string of the molecule is CCCNC1CCN(CC(O)C(F)(F)F)CC1CC. The molecule has 0 amide bonds. The Morgan fingerprint density at radius 3 is 2.58 bits per heavy atom. The second-order valence-electron chi connectivity index (χ2n) is 5.33. The molecule has 1 saturated heterocycles. The van der Waals surface area contributed by atoms with Crippen LogP contribution >= 0.6 is 0 Å². The lowest BCUT2D eigenvalue weighted by molar-refractivity contribution is -0.209. The number of β-amino-alcohol motifs (C(OH)–C–C–N with tert-alkyl or cyclic N) is 1. The average Bonchev–Trinajstić information content (AvgIpc) is 2.35. The number of likely N-dealkylation sites (tertiary alicyclic amines) is 1. The van der Waals surface area contributed by atoms with Crippen LogP contribution in [-0.4, -0.2) is 54.5 Å². The van der Waals surface area contributed by atoms with Crippen LogP contribution in [0.1, 0.15) is 33.1 Å². The van der Waals surface area contributed by atoms with E-state index in [4.69, 9.17) is 5.11 Å². The number of nitrogens with zero attached hydrogens (tertiary/aromatic N) is 1. The normalized spacial score (nSPS) is 27.5. The highest BCUT2D eigenvalue weighted by molar-refractivity contribution is 4.86.